The van der Waals surface area contributed by atoms with Gasteiger partial charge in [-0.1, -0.05) is 0 Å². The molecule has 0 aliphatic heterocycles. The van der Waals surface area contributed by atoms with Gasteiger partial charge in [-0.25, -0.2) is 0 Å². The topological polar surface area (TPSA) is 50.4 Å². The first-order valence-electron chi connectivity index (χ1n) is 1.99. The Morgan fingerprint density at radius 1 is 1.75 bits per heavy atom. The summed E-state index contributed by atoms with van der Waals surface area (Å²) in [5, 5.41) is 8.46. The molecule has 1 aromatic heterocycles. The molecule has 0 spiro atoms. The summed E-state index contributed by atoms with van der Waals surface area (Å²) in [6.07, 6.45) is 3.12. The quantitative estimate of drug-likeness (QED) is 0.518. The van der Waals surface area contributed by atoms with Gasteiger partial charge in [0.15, 0.2) is 0 Å². The fraction of sp³-hybridized carbons (Fsp3) is 0. The zero-order chi connectivity index (χ0) is 5.98. The molecule has 0 bridgehead atoms. The van der Waals surface area contributed by atoms with Gasteiger partial charge in [0.2, 0.25) is 17.4 Å². The highest BCUT2D eigenvalue weighted by Crippen LogP contribution is 1.93. The third kappa shape index (κ3) is 0.703. The van der Waals surface area contributed by atoms with E-state index >= 15 is 0 Å². The average molecular weight is 111 g/mol. The predicted octanol–water partition coefficient (Wildman–Crippen LogP) is 0.146. The van der Waals surface area contributed by atoms with Crippen molar-refractivity contribution in [2.24, 2.45) is 0 Å². The first kappa shape index (κ1) is 4.90. The van der Waals surface area contributed by atoms with Crippen LogP contribution in [0.3, 0.4) is 0 Å². The maximum atomic E-state index is 10.3. The van der Waals surface area contributed by atoms with E-state index in [-0.39, 0.29) is 0 Å². The van der Waals surface area contributed by atoms with Crippen LogP contribution < -0.4 is 5.43 Å². The fourth-order valence-electron chi connectivity index (χ4n) is 0.315. The van der Waals surface area contributed by atoms with Crippen LogP contribution in [-0.2, 0) is 0 Å². The van der Waals surface area contributed by atoms with Crippen molar-refractivity contribution in [1.82, 2.24) is 0 Å². The van der Waals surface area contributed by atoms with E-state index in [9.17, 15) is 4.79 Å². The number of hydrogen-bond acceptors (Lipinski definition) is 3. The van der Waals surface area contributed by atoms with Gasteiger partial charge in [0.05, 0.1) is 6.26 Å². The summed E-state index contributed by atoms with van der Waals surface area (Å²) in [7, 11) is 0. The molecule has 1 heterocycles. The second kappa shape index (κ2) is 1.69. The summed E-state index contributed by atoms with van der Waals surface area (Å²) in [6.45, 7) is 0. The third-order valence-electron chi connectivity index (χ3n) is 0.676. The van der Waals surface area contributed by atoms with Crippen molar-refractivity contribution in [1.29, 1.82) is 0 Å². The van der Waals surface area contributed by atoms with Gasteiger partial charge in [0.1, 0.15) is 0 Å². The zero-order valence-corrected chi connectivity index (χ0v) is 3.92. The summed E-state index contributed by atoms with van der Waals surface area (Å²) in [5.41, 5.74) is -0.476. The first-order chi connectivity index (χ1) is 3.80. The van der Waals surface area contributed by atoms with Gasteiger partial charge in [-0.3, -0.25) is 4.79 Å². The van der Waals surface area contributed by atoms with Crippen molar-refractivity contribution in [3.05, 3.63) is 28.8 Å². The molecule has 0 atom stereocenters. The molecule has 41 valence electrons. The molecule has 0 aromatic carbocycles. The summed E-state index contributed by atoms with van der Waals surface area (Å²) in [5.74, 6) is -0.479. The Morgan fingerprint density at radius 3 is 2.88 bits per heavy atom. The average Bonchev–Trinajstić information content (AvgIpc) is 1.77. The van der Waals surface area contributed by atoms with E-state index in [1.54, 1.807) is 0 Å². The minimum Gasteiger partial charge on any atom is -0.501 e. The van der Waals surface area contributed by atoms with Crippen molar-refractivity contribution >= 4 is 0 Å². The van der Waals surface area contributed by atoms with E-state index in [0.717, 1.165) is 12.3 Å². The van der Waals surface area contributed by atoms with Crippen LogP contribution in [0, 0.1) is 6.26 Å². The van der Waals surface area contributed by atoms with Crippen molar-refractivity contribution < 1.29 is 9.52 Å². The molecular formula is C5H3O3. The molecule has 0 fully saturated rings. The van der Waals surface area contributed by atoms with Gasteiger partial charge in [0, 0.05) is 6.07 Å². The Bertz CT molecular complexity index is 225. The lowest BCUT2D eigenvalue weighted by atomic mass is 10.5. The van der Waals surface area contributed by atoms with Crippen molar-refractivity contribution in [3.8, 4) is 5.75 Å². The van der Waals surface area contributed by atoms with Crippen LogP contribution >= 0.6 is 0 Å². The Hall–Kier alpha value is -1.25. The molecule has 1 radical (unpaired) electrons. The summed E-state index contributed by atoms with van der Waals surface area (Å²) >= 11 is 0. The highest BCUT2D eigenvalue weighted by Gasteiger charge is 1.90. The van der Waals surface area contributed by atoms with Gasteiger partial charge in [-0.2, -0.15) is 0 Å². The molecule has 0 aliphatic rings. The fourth-order valence-corrected chi connectivity index (χ4v) is 0.315. The molecule has 8 heavy (non-hydrogen) atoms. The molecule has 1 rings (SSSR count). The van der Waals surface area contributed by atoms with Crippen LogP contribution in [0.25, 0.3) is 0 Å². The van der Waals surface area contributed by atoms with Crippen LogP contribution in [0.4, 0.5) is 0 Å². The molecule has 0 aliphatic carbocycles. The van der Waals surface area contributed by atoms with Gasteiger partial charge in [-0.15, -0.1) is 0 Å². The number of aromatic hydroxyl groups is 1. The summed E-state index contributed by atoms with van der Waals surface area (Å²) < 4.78 is 4.31. The molecule has 3 heteroatoms. The van der Waals surface area contributed by atoms with E-state index < -0.39 is 11.2 Å². The first-order valence-corrected chi connectivity index (χ1v) is 1.99. The van der Waals surface area contributed by atoms with E-state index in [0.29, 0.717) is 0 Å². The Labute approximate surface area is 45.2 Å². The van der Waals surface area contributed by atoms with Gasteiger partial charge in [-0.05, 0) is 0 Å². The van der Waals surface area contributed by atoms with E-state index in [1.165, 1.54) is 0 Å². The molecule has 1 N–H and O–H groups in total. The smallest absolute Gasteiger partial charge is 0.227 e. The van der Waals surface area contributed by atoms with Crippen LogP contribution in [0.1, 0.15) is 0 Å². The van der Waals surface area contributed by atoms with Crippen LogP contribution in [0.5, 0.6) is 5.75 Å². The lowest BCUT2D eigenvalue weighted by molar-refractivity contribution is 0.424. The highest BCUT2D eigenvalue weighted by atomic mass is 16.3. The largest absolute Gasteiger partial charge is 0.501 e. The Balaban J connectivity index is 3.35. The van der Waals surface area contributed by atoms with Crippen LogP contribution in [-0.4, -0.2) is 5.11 Å². The molecule has 1 aromatic rings. The van der Waals surface area contributed by atoms with Gasteiger partial charge >= 0.3 is 0 Å². The summed E-state index contributed by atoms with van der Waals surface area (Å²) in [6, 6.07) is 1.12. The minimum absolute atomic E-state index is 0.476. The Morgan fingerprint density at radius 2 is 2.50 bits per heavy atom. The molecule has 0 saturated heterocycles. The second-order valence-electron chi connectivity index (χ2n) is 1.24. The lowest BCUT2D eigenvalue weighted by Gasteiger charge is -1.80. The minimum atomic E-state index is -0.479. The van der Waals surface area contributed by atoms with E-state index in [2.05, 4.69) is 4.42 Å². The normalized spacial score (nSPS) is 9.00. The van der Waals surface area contributed by atoms with Crippen LogP contribution in [0.2, 0.25) is 0 Å². The molecular weight excluding hydrogens is 108 g/mol. The van der Waals surface area contributed by atoms with E-state index in [1.807, 2.05) is 6.26 Å². The SMILES string of the molecule is O=c1cco[c]c1O. The molecule has 0 saturated carbocycles. The lowest BCUT2D eigenvalue weighted by Crippen LogP contribution is -1.94. The number of hydrogen-bond donors (Lipinski definition) is 1. The molecule has 0 amide bonds. The zero-order valence-electron chi connectivity index (χ0n) is 3.92. The maximum absolute atomic E-state index is 10.3. The summed E-state index contributed by atoms with van der Waals surface area (Å²) in [4.78, 5) is 10.3. The van der Waals surface area contributed by atoms with Crippen LogP contribution in [0.15, 0.2) is 21.5 Å². The monoisotopic (exact) mass is 111 g/mol. The maximum Gasteiger partial charge on any atom is 0.227 e. The standard InChI is InChI=1S/C5H3O3/c6-4-1-2-8-3-5(4)7/h1-2,7H. The van der Waals surface area contributed by atoms with E-state index in [4.69, 9.17) is 5.11 Å². The predicted molar refractivity (Wildman–Crippen MR) is 25.5 cm³/mol. The van der Waals surface area contributed by atoms with Crippen molar-refractivity contribution in [2.45, 2.75) is 0 Å². The van der Waals surface area contributed by atoms with Gasteiger partial charge in [0.25, 0.3) is 0 Å². The second-order valence-corrected chi connectivity index (χ2v) is 1.24. The van der Waals surface area contributed by atoms with Gasteiger partial charge < -0.3 is 9.52 Å². The third-order valence-corrected chi connectivity index (χ3v) is 0.676. The highest BCUT2D eigenvalue weighted by molar-refractivity contribution is 5.09. The van der Waals surface area contributed by atoms with Crippen molar-refractivity contribution in [2.75, 3.05) is 0 Å². The molecule has 3 nitrogen and oxygen atoms in total. The van der Waals surface area contributed by atoms with Crippen molar-refractivity contribution in [3.63, 3.8) is 0 Å². The Kier molecular flexibility index (Phi) is 1.04. The number of rotatable bonds is 0. The molecule has 0 unspecified atom stereocenters.